The molecule has 0 spiro atoms. The lowest BCUT2D eigenvalue weighted by atomic mass is 10.0. The second-order valence-corrected chi connectivity index (χ2v) is 11.0. The predicted octanol–water partition coefficient (Wildman–Crippen LogP) is 5.24. The monoisotopic (exact) mass is 673 g/mol. The molecular weight excluding hydrogens is 642 g/mol. The molecule has 0 amide bonds. The van der Waals surface area contributed by atoms with Gasteiger partial charge in [0.05, 0.1) is 29.9 Å². The first-order chi connectivity index (χ1) is 23.3. The predicted molar refractivity (Wildman–Crippen MR) is 170 cm³/mol. The zero-order valence-corrected chi connectivity index (χ0v) is 26.8. The van der Waals surface area contributed by atoms with Crippen LogP contribution in [0.3, 0.4) is 0 Å². The Morgan fingerprint density at radius 2 is 1.10 bits per heavy atom. The minimum atomic E-state index is -1.43. The van der Waals surface area contributed by atoms with Crippen molar-refractivity contribution >= 4 is 41.4 Å². The van der Waals surface area contributed by atoms with E-state index in [1.807, 2.05) is 0 Å². The van der Waals surface area contributed by atoms with E-state index in [2.05, 4.69) is 4.37 Å². The van der Waals surface area contributed by atoms with Crippen LogP contribution < -0.4 is 0 Å². The molecule has 1 aliphatic rings. The summed E-state index contributed by atoms with van der Waals surface area (Å²) in [6.45, 7) is 2.76. The summed E-state index contributed by atoms with van der Waals surface area (Å²) in [6, 6.07) is 24.4. The topological polar surface area (TPSA) is 154 Å². The smallest absolute Gasteiger partial charge is 0.350 e. The number of hydrogen-bond acceptors (Lipinski definition) is 13. The van der Waals surface area contributed by atoms with Gasteiger partial charge in [-0.15, -0.1) is 0 Å². The minimum absolute atomic E-state index is 0.0241. The Kier molecular flexibility index (Phi) is 11.3. The van der Waals surface area contributed by atoms with Gasteiger partial charge in [-0.2, -0.15) is 4.37 Å². The largest absolute Gasteiger partial charge is 0.462 e. The molecule has 0 unspecified atom stereocenters. The molecule has 48 heavy (non-hydrogen) atoms. The normalized spacial score (nSPS) is 18.4. The van der Waals surface area contributed by atoms with E-state index >= 15 is 0 Å². The molecule has 12 nitrogen and oxygen atoms in total. The zero-order valence-electron chi connectivity index (χ0n) is 25.9. The number of aromatic nitrogens is 1. The zero-order chi connectivity index (χ0) is 34.0. The third kappa shape index (κ3) is 7.76. The SMILES string of the molecule is CCOC(=O)c1snc([C@@H]2O[C@H](COC(=O)c3ccccc3)[C@@H](OC(=O)c3ccccc3)[C@H]2OC(=O)c2ccccc2)c1C(=O)OCC. The van der Waals surface area contributed by atoms with Crippen LogP contribution in [0.25, 0.3) is 0 Å². The highest BCUT2D eigenvalue weighted by atomic mass is 32.1. The standard InChI is InChI=1S/C35H31NO11S/c1-3-42-34(40)25-26(36-48-30(25)35(41)43-4-2)28-29(47-33(39)23-18-12-7-13-19-23)27(46-32(38)22-16-10-6-11-17-22)24(45-28)20-44-31(37)21-14-8-5-9-15-21/h5-19,24,27-29H,3-4,20H2,1-2H3/t24-,27-,28+,29-/m1/s1. The van der Waals surface area contributed by atoms with E-state index in [0.29, 0.717) is 11.5 Å². The molecular formula is C35H31NO11S. The summed E-state index contributed by atoms with van der Waals surface area (Å²) in [7, 11) is 0. The van der Waals surface area contributed by atoms with Crippen LogP contribution in [0.4, 0.5) is 0 Å². The van der Waals surface area contributed by atoms with Gasteiger partial charge >= 0.3 is 29.8 Å². The van der Waals surface area contributed by atoms with Gasteiger partial charge in [0, 0.05) is 0 Å². The van der Waals surface area contributed by atoms with Crippen LogP contribution in [-0.4, -0.2) is 72.4 Å². The third-order valence-corrected chi connectivity index (χ3v) is 7.97. The number of esters is 5. The second kappa shape index (κ2) is 15.9. The number of hydrogen-bond donors (Lipinski definition) is 0. The average Bonchev–Trinajstić information content (AvgIpc) is 3.70. The van der Waals surface area contributed by atoms with E-state index < -0.39 is 60.9 Å². The molecule has 1 fully saturated rings. The Morgan fingerprint density at radius 1 is 0.625 bits per heavy atom. The quantitative estimate of drug-likeness (QED) is 0.143. The van der Waals surface area contributed by atoms with Crippen molar-refractivity contribution in [1.82, 2.24) is 4.37 Å². The van der Waals surface area contributed by atoms with Crippen molar-refractivity contribution in [2.24, 2.45) is 0 Å². The van der Waals surface area contributed by atoms with E-state index in [-0.39, 0.29) is 46.0 Å². The molecule has 4 aromatic rings. The number of benzene rings is 3. The van der Waals surface area contributed by atoms with Gasteiger partial charge in [-0.1, -0.05) is 54.6 Å². The Bertz CT molecular complexity index is 1740. The van der Waals surface area contributed by atoms with E-state index in [0.717, 1.165) is 0 Å². The molecule has 13 heteroatoms. The third-order valence-electron chi connectivity index (χ3n) is 7.13. The van der Waals surface area contributed by atoms with Crippen molar-refractivity contribution in [3.05, 3.63) is 124 Å². The molecule has 0 N–H and O–H groups in total. The molecule has 248 valence electrons. The summed E-state index contributed by atoms with van der Waals surface area (Å²) in [5.41, 5.74) is 0.283. The molecule has 1 aromatic heterocycles. The van der Waals surface area contributed by atoms with Gasteiger partial charge < -0.3 is 28.4 Å². The Balaban J connectivity index is 1.57. The molecule has 2 heterocycles. The van der Waals surface area contributed by atoms with Crippen LogP contribution in [-0.2, 0) is 28.4 Å². The van der Waals surface area contributed by atoms with Gasteiger partial charge in [0.25, 0.3) is 0 Å². The molecule has 1 aliphatic heterocycles. The van der Waals surface area contributed by atoms with E-state index in [1.54, 1.807) is 80.6 Å². The van der Waals surface area contributed by atoms with Gasteiger partial charge in [-0.3, -0.25) is 0 Å². The maximum Gasteiger partial charge on any atom is 0.350 e. The van der Waals surface area contributed by atoms with Crippen LogP contribution in [0.15, 0.2) is 91.0 Å². The van der Waals surface area contributed by atoms with Gasteiger partial charge in [0.1, 0.15) is 34.9 Å². The van der Waals surface area contributed by atoms with Crippen LogP contribution in [0.5, 0.6) is 0 Å². The lowest BCUT2D eigenvalue weighted by Crippen LogP contribution is -2.41. The number of rotatable bonds is 12. The lowest BCUT2D eigenvalue weighted by molar-refractivity contribution is -0.0452. The molecule has 4 atom stereocenters. The summed E-state index contributed by atoms with van der Waals surface area (Å²) < 4.78 is 38.5. The van der Waals surface area contributed by atoms with E-state index in [9.17, 15) is 24.0 Å². The van der Waals surface area contributed by atoms with Crippen LogP contribution in [0.2, 0.25) is 0 Å². The highest BCUT2D eigenvalue weighted by Gasteiger charge is 2.53. The number of carbonyl (C=O) groups excluding carboxylic acids is 5. The summed E-state index contributed by atoms with van der Waals surface area (Å²) in [5, 5.41) is 0. The Hall–Kier alpha value is -5.40. The van der Waals surface area contributed by atoms with Gasteiger partial charge in [0.15, 0.2) is 12.2 Å². The second-order valence-electron chi connectivity index (χ2n) is 10.2. The van der Waals surface area contributed by atoms with Gasteiger partial charge in [-0.05, 0) is 61.8 Å². The maximum atomic E-state index is 13.5. The molecule has 0 saturated carbocycles. The van der Waals surface area contributed by atoms with E-state index in [1.165, 1.54) is 24.3 Å². The first kappa shape index (κ1) is 33.9. The van der Waals surface area contributed by atoms with Gasteiger partial charge in [-0.25, -0.2) is 24.0 Å². The lowest BCUT2D eigenvalue weighted by Gasteiger charge is -2.24. The van der Waals surface area contributed by atoms with Crippen LogP contribution in [0, 0.1) is 0 Å². The molecule has 0 bridgehead atoms. The summed E-state index contributed by atoms with van der Waals surface area (Å²) >= 11 is 0.672. The van der Waals surface area contributed by atoms with Gasteiger partial charge in [0.2, 0.25) is 0 Å². The molecule has 5 rings (SSSR count). The molecule has 0 aliphatic carbocycles. The van der Waals surface area contributed by atoms with Crippen molar-refractivity contribution in [3.63, 3.8) is 0 Å². The fourth-order valence-corrected chi connectivity index (χ4v) is 5.73. The maximum absolute atomic E-state index is 13.5. The highest BCUT2D eigenvalue weighted by Crippen LogP contribution is 2.41. The van der Waals surface area contributed by atoms with Crippen molar-refractivity contribution in [2.45, 2.75) is 38.3 Å². The first-order valence-electron chi connectivity index (χ1n) is 15.1. The number of ether oxygens (including phenoxy) is 6. The fourth-order valence-electron chi connectivity index (χ4n) is 4.93. The van der Waals surface area contributed by atoms with Crippen molar-refractivity contribution in [1.29, 1.82) is 0 Å². The van der Waals surface area contributed by atoms with Crippen LogP contribution >= 0.6 is 11.5 Å². The van der Waals surface area contributed by atoms with Crippen molar-refractivity contribution < 1.29 is 52.4 Å². The fraction of sp³-hybridized carbons (Fsp3) is 0.257. The van der Waals surface area contributed by atoms with Crippen molar-refractivity contribution in [2.75, 3.05) is 19.8 Å². The number of nitrogens with zero attached hydrogens (tertiary/aromatic N) is 1. The Labute approximate surface area is 279 Å². The van der Waals surface area contributed by atoms with Crippen molar-refractivity contribution in [3.8, 4) is 0 Å². The summed E-state index contributed by atoms with van der Waals surface area (Å²) in [5.74, 6) is -3.96. The number of carbonyl (C=O) groups is 5. The minimum Gasteiger partial charge on any atom is -0.462 e. The molecule has 0 radical (unpaired) electrons. The average molecular weight is 674 g/mol. The van der Waals surface area contributed by atoms with Crippen LogP contribution in [0.1, 0.15) is 76.7 Å². The van der Waals surface area contributed by atoms with E-state index in [4.69, 9.17) is 28.4 Å². The summed E-state index contributed by atoms with van der Waals surface area (Å²) in [6.07, 6.45) is -5.41. The molecule has 1 saturated heterocycles. The molecule has 3 aromatic carbocycles. The Morgan fingerprint density at radius 3 is 1.62 bits per heavy atom. The highest BCUT2D eigenvalue weighted by molar-refractivity contribution is 7.08. The first-order valence-corrected chi connectivity index (χ1v) is 15.8. The summed E-state index contributed by atoms with van der Waals surface area (Å²) in [4.78, 5) is 65.8.